The molecule has 1 aliphatic rings. The number of rotatable bonds is 2. The maximum absolute atomic E-state index is 12.4. The summed E-state index contributed by atoms with van der Waals surface area (Å²) in [5, 5.41) is 18.3. The molecule has 0 saturated carbocycles. The van der Waals surface area contributed by atoms with Crippen molar-refractivity contribution in [3.63, 3.8) is 0 Å². The van der Waals surface area contributed by atoms with E-state index in [0.717, 1.165) is 0 Å². The van der Waals surface area contributed by atoms with E-state index in [1.54, 1.807) is 23.1 Å². The Labute approximate surface area is 112 Å². The molecule has 1 heterocycles. The monoisotopic (exact) mass is 259 g/mol. The summed E-state index contributed by atoms with van der Waals surface area (Å²) in [6.07, 6.45) is 0. The van der Waals surface area contributed by atoms with E-state index >= 15 is 0 Å². The quantitative estimate of drug-likeness (QED) is 0.844. The van der Waals surface area contributed by atoms with Gasteiger partial charge >= 0.3 is 0 Å². The molecule has 5 heteroatoms. The number of carbonyl (C=O) groups is 1. The van der Waals surface area contributed by atoms with Crippen molar-refractivity contribution < 1.29 is 9.90 Å². The number of hydrogen-bond acceptors (Lipinski definition) is 4. The highest BCUT2D eigenvalue weighted by Crippen LogP contribution is 2.24. The summed E-state index contributed by atoms with van der Waals surface area (Å²) >= 11 is 0. The van der Waals surface area contributed by atoms with Gasteiger partial charge in [0.25, 0.3) is 0 Å². The first kappa shape index (κ1) is 13.5. The van der Waals surface area contributed by atoms with Gasteiger partial charge < -0.3 is 10.0 Å². The number of nitriles is 1. The van der Waals surface area contributed by atoms with Crippen molar-refractivity contribution in [2.24, 2.45) is 0 Å². The van der Waals surface area contributed by atoms with E-state index in [-0.39, 0.29) is 18.6 Å². The van der Waals surface area contributed by atoms with Crippen LogP contribution in [0.15, 0.2) is 24.3 Å². The molecular formula is C14H17N3O2. The van der Waals surface area contributed by atoms with Gasteiger partial charge in [-0.05, 0) is 32.2 Å². The lowest BCUT2D eigenvalue weighted by atomic mass is 10.1. The van der Waals surface area contributed by atoms with Gasteiger partial charge in [-0.25, -0.2) is 0 Å². The Balaban J connectivity index is 2.36. The Kier molecular flexibility index (Phi) is 3.84. The number of hydrogen-bond donors (Lipinski definition) is 1. The van der Waals surface area contributed by atoms with E-state index < -0.39 is 6.04 Å². The Bertz CT molecular complexity index is 524. The van der Waals surface area contributed by atoms with Crippen LogP contribution >= 0.6 is 0 Å². The van der Waals surface area contributed by atoms with E-state index in [1.165, 1.54) is 0 Å². The van der Waals surface area contributed by atoms with Gasteiger partial charge in [-0.3, -0.25) is 9.69 Å². The van der Waals surface area contributed by atoms with Crippen molar-refractivity contribution in [2.75, 3.05) is 25.1 Å². The van der Waals surface area contributed by atoms with Crippen LogP contribution in [0.5, 0.6) is 0 Å². The third-order valence-corrected chi connectivity index (χ3v) is 3.47. The Morgan fingerprint density at radius 1 is 1.53 bits per heavy atom. The first-order valence-corrected chi connectivity index (χ1v) is 6.22. The molecule has 0 aromatic heterocycles. The first-order valence-electron chi connectivity index (χ1n) is 6.22. The first-order chi connectivity index (χ1) is 9.08. The zero-order valence-electron chi connectivity index (χ0n) is 11.1. The molecule has 2 rings (SSSR count). The lowest BCUT2D eigenvalue weighted by Gasteiger charge is -2.42. The van der Waals surface area contributed by atoms with Crippen LogP contribution in [0.25, 0.3) is 0 Å². The van der Waals surface area contributed by atoms with Gasteiger partial charge in [-0.1, -0.05) is 6.07 Å². The van der Waals surface area contributed by atoms with Gasteiger partial charge in [-0.2, -0.15) is 5.26 Å². The zero-order valence-corrected chi connectivity index (χ0v) is 11.1. The molecule has 2 unspecified atom stereocenters. The molecule has 1 fully saturated rings. The van der Waals surface area contributed by atoms with Crippen LogP contribution in [0.4, 0.5) is 5.69 Å². The molecular weight excluding hydrogens is 242 g/mol. The third-order valence-electron chi connectivity index (χ3n) is 3.47. The number of benzene rings is 1. The topological polar surface area (TPSA) is 67.6 Å². The molecule has 2 atom stereocenters. The summed E-state index contributed by atoms with van der Waals surface area (Å²) in [6, 6.07) is 8.56. The molecule has 19 heavy (non-hydrogen) atoms. The fourth-order valence-corrected chi connectivity index (χ4v) is 2.52. The number of likely N-dealkylation sites (N-methyl/N-ethyl adjacent to an activating group) is 1. The SMILES string of the molecule is CC1CN(C)C(CO)C(=O)N1c1cccc(C#N)c1. The lowest BCUT2D eigenvalue weighted by molar-refractivity contribution is -0.127. The third kappa shape index (κ3) is 2.46. The number of piperazine rings is 1. The van der Waals surface area contributed by atoms with E-state index in [2.05, 4.69) is 6.07 Å². The van der Waals surface area contributed by atoms with Crippen LogP contribution < -0.4 is 4.90 Å². The predicted molar refractivity (Wildman–Crippen MR) is 71.6 cm³/mol. The summed E-state index contributed by atoms with van der Waals surface area (Å²) in [7, 11) is 1.83. The van der Waals surface area contributed by atoms with E-state index in [1.807, 2.05) is 24.9 Å². The minimum atomic E-state index is -0.512. The van der Waals surface area contributed by atoms with Crippen molar-refractivity contribution in [3.8, 4) is 6.07 Å². The van der Waals surface area contributed by atoms with Crippen molar-refractivity contribution >= 4 is 11.6 Å². The highest BCUT2D eigenvalue weighted by atomic mass is 16.3. The van der Waals surface area contributed by atoms with Gasteiger partial charge in [0.2, 0.25) is 5.91 Å². The summed E-state index contributed by atoms with van der Waals surface area (Å²) in [4.78, 5) is 15.9. The van der Waals surface area contributed by atoms with Crippen molar-refractivity contribution in [1.29, 1.82) is 5.26 Å². The maximum Gasteiger partial charge on any atom is 0.247 e. The number of carbonyl (C=O) groups excluding carboxylic acids is 1. The largest absolute Gasteiger partial charge is 0.394 e. The summed E-state index contributed by atoms with van der Waals surface area (Å²) in [6.45, 7) is 2.45. The van der Waals surface area contributed by atoms with Crippen LogP contribution in [-0.4, -0.2) is 48.2 Å². The standard InChI is InChI=1S/C14H17N3O2/c1-10-8-16(2)13(9-18)14(19)17(10)12-5-3-4-11(6-12)7-15/h3-6,10,13,18H,8-9H2,1-2H3. The molecule has 0 aliphatic carbocycles. The number of anilines is 1. The second-order valence-corrected chi connectivity index (χ2v) is 4.86. The molecule has 0 bridgehead atoms. The molecule has 1 N–H and O–H groups in total. The molecule has 1 amide bonds. The fraction of sp³-hybridized carbons (Fsp3) is 0.429. The van der Waals surface area contributed by atoms with E-state index in [0.29, 0.717) is 17.8 Å². The van der Waals surface area contributed by atoms with Gasteiger partial charge in [0.05, 0.1) is 18.2 Å². The lowest BCUT2D eigenvalue weighted by Crippen LogP contribution is -2.61. The van der Waals surface area contributed by atoms with Crippen LogP contribution in [0.3, 0.4) is 0 Å². The number of aliphatic hydroxyl groups is 1. The Morgan fingerprint density at radius 2 is 2.26 bits per heavy atom. The Hall–Kier alpha value is -1.90. The minimum Gasteiger partial charge on any atom is -0.394 e. The van der Waals surface area contributed by atoms with Crippen molar-refractivity contribution in [2.45, 2.75) is 19.0 Å². The summed E-state index contributed by atoms with van der Waals surface area (Å²) in [5.74, 6) is -0.126. The van der Waals surface area contributed by atoms with Gasteiger partial charge in [0, 0.05) is 18.3 Å². The van der Waals surface area contributed by atoms with Crippen LogP contribution in [-0.2, 0) is 4.79 Å². The second-order valence-electron chi connectivity index (χ2n) is 4.86. The van der Waals surface area contributed by atoms with Crippen LogP contribution in [0.2, 0.25) is 0 Å². The average molecular weight is 259 g/mol. The predicted octanol–water partition coefficient (Wildman–Crippen LogP) is 0.586. The van der Waals surface area contributed by atoms with Crippen molar-refractivity contribution in [1.82, 2.24) is 4.90 Å². The Morgan fingerprint density at radius 3 is 2.89 bits per heavy atom. The molecule has 100 valence electrons. The molecule has 5 nitrogen and oxygen atoms in total. The highest BCUT2D eigenvalue weighted by Gasteiger charge is 2.37. The number of nitrogens with zero attached hydrogens (tertiary/aromatic N) is 3. The highest BCUT2D eigenvalue weighted by molar-refractivity contribution is 5.98. The maximum atomic E-state index is 12.4. The zero-order chi connectivity index (χ0) is 14.0. The average Bonchev–Trinajstić information content (AvgIpc) is 2.39. The molecule has 1 aromatic rings. The normalized spacial score (nSPS) is 24.3. The molecule has 0 radical (unpaired) electrons. The molecule has 0 spiro atoms. The summed E-state index contributed by atoms with van der Waals surface area (Å²) in [5.41, 5.74) is 1.24. The van der Waals surface area contributed by atoms with E-state index in [4.69, 9.17) is 5.26 Å². The number of aliphatic hydroxyl groups excluding tert-OH is 1. The molecule has 1 aliphatic heterocycles. The van der Waals surface area contributed by atoms with Gasteiger partial charge in [0.1, 0.15) is 6.04 Å². The van der Waals surface area contributed by atoms with Crippen LogP contribution in [0, 0.1) is 11.3 Å². The molecule has 1 aromatic carbocycles. The fourth-order valence-electron chi connectivity index (χ4n) is 2.52. The van der Waals surface area contributed by atoms with E-state index in [9.17, 15) is 9.90 Å². The second kappa shape index (κ2) is 5.39. The molecule has 1 saturated heterocycles. The van der Waals surface area contributed by atoms with Gasteiger partial charge in [-0.15, -0.1) is 0 Å². The number of amides is 1. The van der Waals surface area contributed by atoms with Gasteiger partial charge in [0.15, 0.2) is 0 Å². The summed E-state index contributed by atoms with van der Waals surface area (Å²) < 4.78 is 0. The smallest absolute Gasteiger partial charge is 0.247 e. The van der Waals surface area contributed by atoms with Crippen molar-refractivity contribution in [3.05, 3.63) is 29.8 Å². The minimum absolute atomic E-state index is 0.00856. The van der Waals surface area contributed by atoms with Crippen LogP contribution in [0.1, 0.15) is 12.5 Å².